The summed E-state index contributed by atoms with van der Waals surface area (Å²) < 4.78 is 18.6. The zero-order valence-electron chi connectivity index (χ0n) is 22.4. The number of rotatable bonds is 10. The van der Waals surface area contributed by atoms with E-state index in [0.717, 1.165) is 0 Å². The molecule has 3 rings (SSSR count). The molecule has 0 spiro atoms. The summed E-state index contributed by atoms with van der Waals surface area (Å²) in [6, 6.07) is 17.7. The number of esters is 2. The first-order chi connectivity index (χ1) is 17.1. The molecule has 36 heavy (non-hydrogen) atoms. The first-order valence-electron chi connectivity index (χ1n) is 12.9. The quantitative estimate of drug-likeness (QED) is 0.110. The number of carbonyl (C=O) groups excluding carboxylic acids is 2. The fourth-order valence-electron chi connectivity index (χ4n) is 5.95. The van der Waals surface area contributed by atoms with E-state index in [2.05, 4.69) is 48.1 Å². The molecule has 0 saturated heterocycles. The van der Waals surface area contributed by atoms with Crippen LogP contribution in [-0.2, 0) is 14.0 Å². The molecular formula is C30H40O5Si. The predicted molar refractivity (Wildman–Crippen MR) is 145 cm³/mol. The predicted octanol–water partition coefficient (Wildman–Crippen LogP) is 7.34. The minimum atomic E-state index is -2.28. The molecule has 2 aromatic rings. The number of para-hydroxylation sites is 2. The summed E-state index contributed by atoms with van der Waals surface area (Å²) >= 11 is 0. The van der Waals surface area contributed by atoms with Crippen LogP contribution in [0.15, 0.2) is 73.3 Å². The molecule has 2 atom stereocenters. The Bertz CT molecular complexity index is 957. The number of hydrogen-bond acceptors (Lipinski definition) is 5. The fraction of sp³-hybridized carbons (Fsp3) is 0.467. The molecule has 1 fully saturated rings. The van der Waals surface area contributed by atoms with Gasteiger partial charge in [-0.25, -0.2) is 0 Å². The Hall–Kier alpha value is -2.70. The van der Waals surface area contributed by atoms with Crippen LogP contribution in [0.5, 0.6) is 11.5 Å². The second-order valence-electron chi connectivity index (χ2n) is 10.8. The van der Waals surface area contributed by atoms with Crippen molar-refractivity contribution in [3.05, 3.63) is 73.3 Å². The maximum absolute atomic E-state index is 13.7. The van der Waals surface area contributed by atoms with E-state index in [0.29, 0.717) is 28.1 Å². The topological polar surface area (TPSA) is 61.8 Å². The van der Waals surface area contributed by atoms with Crippen molar-refractivity contribution < 1.29 is 23.5 Å². The van der Waals surface area contributed by atoms with Gasteiger partial charge in [0.05, 0.1) is 6.10 Å². The van der Waals surface area contributed by atoms with Crippen LogP contribution in [-0.4, -0.2) is 26.4 Å². The van der Waals surface area contributed by atoms with Crippen LogP contribution in [0.1, 0.15) is 54.4 Å². The Morgan fingerprint density at radius 3 is 1.58 bits per heavy atom. The van der Waals surface area contributed by atoms with Crippen molar-refractivity contribution in [2.75, 3.05) is 0 Å². The third kappa shape index (κ3) is 5.50. The maximum atomic E-state index is 13.7. The van der Waals surface area contributed by atoms with Crippen LogP contribution < -0.4 is 9.47 Å². The average Bonchev–Trinajstić information content (AvgIpc) is 3.23. The molecule has 1 saturated carbocycles. The van der Waals surface area contributed by atoms with Gasteiger partial charge in [0.2, 0.25) is 8.32 Å². The van der Waals surface area contributed by atoms with E-state index in [4.69, 9.17) is 13.9 Å². The molecule has 0 amide bonds. The van der Waals surface area contributed by atoms with Crippen molar-refractivity contribution in [1.29, 1.82) is 0 Å². The molecule has 0 heterocycles. The molecule has 0 aromatic heterocycles. The molecule has 1 aliphatic rings. The van der Waals surface area contributed by atoms with Gasteiger partial charge in [-0.05, 0) is 53.7 Å². The monoisotopic (exact) mass is 508 g/mol. The standard InChI is InChI=1S/C30H40O5Si/c1-8-24-19-30(28(31)33-25-15-11-9-12-16-25,29(32)34-26-17-13-10-14-18-26)20-27(24)35-36(21(2)3,22(4)5)23(6)7/h8-18,21-24,27H,1,19-20H2,2-7H3/t24-,27-/m0/s1. The molecule has 0 unspecified atom stereocenters. The van der Waals surface area contributed by atoms with Gasteiger partial charge in [-0.1, -0.05) is 84.0 Å². The van der Waals surface area contributed by atoms with Gasteiger partial charge in [0.25, 0.3) is 0 Å². The summed E-state index contributed by atoms with van der Waals surface area (Å²) in [5.41, 5.74) is -0.401. The first kappa shape index (κ1) is 27.9. The summed E-state index contributed by atoms with van der Waals surface area (Å²) in [6.07, 6.45) is 1.92. The summed E-state index contributed by atoms with van der Waals surface area (Å²) in [6.45, 7) is 17.4. The van der Waals surface area contributed by atoms with E-state index in [9.17, 15) is 9.59 Å². The Morgan fingerprint density at radius 2 is 1.22 bits per heavy atom. The summed E-state index contributed by atoms with van der Waals surface area (Å²) in [5.74, 6) is -0.620. The Kier molecular flexibility index (Phi) is 8.96. The van der Waals surface area contributed by atoms with Gasteiger partial charge >= 0.3 is 11.9 Å². The lowest BCUT2D eigenvalue weighted by Gasteiger charge is -2.45. The Labute approximate surface area is 217 Å². The second kappa shape index (κ2) is 11.6. The van der Waals surface area contributed by atoms with Gasteiger partial charge in [-0.3, -0.25) is 9.59 Å². The Morgan fingerprint density at radius 1 is 0.806 bits per heavy atom. The highest BCUT2D eigenvalue weighted by molar-refractivity contribution is 6.77. The smallest absolute Gasteiger partial charge is 0.329 e. The van der Waals surface area contributed by atoms with Crippen molar-refractivity contribution in [1.82, 2.24) is 0 Å². The minimum absolute atomic E-state index is 0.181. The van der Waals surface area contributed by atoms with E-state index in [-0.39, 0.29) is 24.9 Å². The number of benzene rings is 2. The van der Waals surface area contributed by atoms with Gasteiger partial charge in [-0.15, -0.1) is 6.58 Å². The van der Waals surface area contributed by atoms with Crippen LogP contribution >= 0.6 is 0 Å². The van der Waals surface area contributed by atoms with E-state index in [1.54, 1.807) is 48.5 Å². The zero-order valence-corrected chi connectivity index (χ0v) is 23.4. The SMILES string of the molecule is C=C[C@H]1CC(C(=O)Oc2ccccc2)(C(=O)Oc2ccccc2)C[C@@H]1O[Si](C(C)C)(C(C)C)C(C)C. The van der Waals surface area contributed by atoms with E-state index in [1.165, 1.54) is 0 Å². The van der Waals surface area contributed by atoms with Crippen molar-refractivity contribution >= 4 is 20.3 Å². The summed E-state index contributed by atoms with van der Waals surface area (Å²) in [5, 5.41) is 0. The molecule has 5 nitrogen and oxygen atoms in total. The van der Waals surface area contributed by atoms with Gasteiger partial charge in [-0.2, -0.15) is 0 Å². The van der Waals surface area contributed by atoms with Crippen LogP contribution in [0, 0.1) is 11.3 Å². The first-order valence-corrected chi connectivity index (χ1v) is 15.1. The lowest BCUT2D eigenvalue weighted by Crippen LogP contribution is -2.51. The minimum Gasteiger partial charge on any atom is -0.426 e. The fourth-order valence-corrected chi connectivity index (χ4v) is 11.5. The third-order valence-electron chi connectivity index (χ3n) is 7.67. The summed E-state index contributed by atoms with van der Waals surface area (Å²) in [4.78, 5) is 27.5. The molecular weight excluding hydrogens is 468 g/mol. The molecule has 194 valence electrons. The second-order valence-corrected chi connectivity index (χ2v) is 16.2. The highest BCUT2D eigenvalue weighted by Gasteiger charge is 2.60. The molecule has 2 aromatic carbocycles. The maximum Gasteiger partial charge on any atom is 0.329 e. The Balaban J connectivity index is 2.00. The lowest BCUT2D eigenvalue weighted by atomic mass is 9.85. The van der Waals surface area contributed by atoms with Crippen molar-refractivity contribution in [2.45, 2.75) is 77.1 Å². The molecule has 0 N–H and O–H groups in total. The number of carbonyl (C=O) groups is 2. The molecule has 1 aliphatic carbocycles. The van der Waals surface area contributed by atoms with E-state index >= 15 is 0 Å². The van der Waals surface area contributed by atoms with Crippen LogP contribution in [0.25, 0.3) is 0 Å². The van der Waals surface area contributed by atoms with Gasteiger partial charge in [0.15, 0.2) is 5.41 Å². The van der Waals surface area contributed by atoms with E-state index < -0.39 is 25.7 Å². The third-order valence-corrected chi connectivity index (χ3v) is 13.8. The van der Waals surface area contributed by atoms with E-state index in [1.807, 2.05) is 18.2 Å². The van der Waals surface area contributed by atoms with Gasteiger partial charge in [0.1, 0.15) is 11.5 Å². The normalized spacial score (nSPS) is 19.5. The lowest BCUT2D eigenvalue weighted by molar-refractivity contribution is -0.161. The van der Waals surface area contributed by atoms with Crippen molar-refractivity contribution in [3.63, 3.8) is 0 Å². The largest absolute Gasteiger partial charge is 0.426 e. The molecule has 0 bridgehead atoms. The van der Waals surface area contributed by atoms with Gasteiger partial charge < -0.3 is 13.9 Å². The summed E-state index contributed by atoms with van der Waals surface area (Å²) in [7, 11) is -2.28. The molecule has 0 radical (unpaired) electrons. The zero-order chi connectivity index (χ0) is 26.5. The highest BCUT2D eigenvalue weighted by atomic mass is 28.4. The van der Waals surface area contributed by atoms with Crippen LogP contribution in [0.4, 0.5) is 0 Å². The van der Waals surface area contributed by atoms with Crippen molar-refractivity contribution in [2.24, 2.45) is 11.3 Å². The van der Waals surface area contributed by atoms with Crippen LogP contribution in [0.3, 0.4) is 0 Å². The van der Waals surface area contributed by atoms with Crippen LogP contribution in [0.2, 0.25) is 16.6 Å². The highest BCUT2D eigenvalue weighted by Crippen LogP contribution is 2.51. The number of hydrogen-bond donors (Lipinski definition) is 0. The number of ether oxygens (including phenoxy) is 2. The van der Waals surface area contributed by atoms with Crippen molar-refractivity contribution in [3.8, 4) is 11.5 Å². The van der Waals surface area contributed by atoms with Gasteiger partial charge in [0, 0.05) is 5.92 Å². The average molecular weight is 509 g/mol. The molecule has 6 heteroatoms. The molecule has 0 aliphatic heterocycles.